The molecule has 53 heavy (non-hydrogen) atoms. The quantitative estimate of drug-likeness (QED) is 0.167. The van der Waals surface area contributed by atoms with Crippen molar-refractivity contribution in [2.45, 2.75) is 0 Å². The van der Waals surface area contributed by atoms with E-state index in [4.69, 9.17) is 0 Å². The molecule has 13 rings (SSSR count). The standard InChI is InChI=1S/C48H28BN3S/c1-5-17-39-31(11-1)32-12-2-6-18-40(32)50(39)29-23-25-42-37(27-29)36-16-10-21-44-48(36)49-47-35(33-13-3-7-19-41(33)52(42)49)15-9-20-43(47)51(44)30-24-26-46-38(28-30)34-14-4-8-22-45(34)53-46/h1-28H. The number of thiophene rings is 1. The van der Waals surface area contributed by atoms with E-state index in [9.17, 15) is 0 Å². The Labute approximate surface area is 310 Å². The Morgan fingerprint density at radius 1 is 0.377 bits per heavy atom. The van der Waals surface area contributed by atoms with Crippen LogP contribution in [0, 0.1) is 0 Å². The summed E-state index contributed by atoms with van der Waals surface area (Å²) in [6, 6.07) is 63.4. The van der Waals surface area contributed by atoms with E-state index < -0.39 is 0 Å². The van der Waals surface area contributed by atoms with Gasteiger partial charge in [0.2, 0.25) is 0 Å². The second-order valence-electron chi connectivity index (χ2n) is 14.5. The van der Waals surface area contributed by atoms with Gasteiger partial charge in [0, 0.05) is 76.2 Å². The van der Waals surface area contributed by atoms with Gasteiger partial charge in [0.1, 0.15) is 0 Å². The van der Waals surface area contributed by atoms with Crippen molar-refractivity contribution in [1.29, 1.82) is 0 Å². The van der Waals surface area contributed by atoms with Crippen LogP contribution in [0.2, 0.25) is 0 Å². The van der Waals surface area contributed by atoms with E-state index in [-0.39, 0.29) is 6.85 Å². The van der Waals surface area contributed by atoms with Gasteiger partial charge >= 0.3 is 6.85 Å². The lowest BCUT2D eigenvalue weighted by Crippen LogP contribution is -2.63. The molecule has 0 fully saturated rings. The maximum Gasteiger partial charge on any atom is 0.333 e. The zero-order chi connectivity index (χ0) is 34.4. The summed E-state index contributed by atoms with van der Waals surface area (Å²) in [7, 11) is 0. The van der Waals surface area contributed by atoms with Crippen molar-refractivity contribution in [3.63, 3.8) is 0 Å². The summed E-state index contributed by atoms with van der Waals surface area (Å²) in [5.74, 6) is 0. The molecule has 0 bridgehead atoms. The summed E-state index contributed by atoms with van der Waals surface area (Å²) in [6.45, 7) is 0.0517. The Bertz CT molecular complexity index is 3170. The van der Waals surface area contributed by atoms with E-state index >= 15 is 0 Å². The number of anilines is 5. The molecule has 10 aromatic rings. The first-order valence-electron chi connectivity index (χ1n) is 18.3. The number of para-hydroxylation sites is 3. The lowest BCUT2D eigenvalue weighted by Gasteiger charge is -2.49. The maximum atomic E-state index is 2.63. The molecule has 3 aliphatic heterocycles. The van der Waals surface area contributed by atoms with Crippen molar-refractivity contribution in [1.82, 2.24) is 4.57 Å². The van der Waals surface area contributed by atoms with E-state index in [1.54, 1.807) is 0 Å². The third-order valence-electron chi connectivity index (χ3n) is 11.9. The largest absolute Gasteiger partial charge is 0.376 e. The normalized spacial score (nSPS) is 13.5. The Morgan fingerprint density at radius 2 is 0.943 bits per heavy atom. The minimum absolute atomic E-state index is 0.0517. The molecular formula is C48H28BN3S. The molecule has 0 unspecified atom stereocenters. The van der Waals surface area contributed by atoms with Crippen molar-refractivity contribution in [2.24, 2.45) is 0 Å². The molecular weight excluding hydrogens is 661 g/mol. The van der Waals surface area contributed by atoms with Crippen LogP contribution < -0.4 is 20.6 Å². The van der Waals surface area contributed by atoms with Gasteiger partial charge < -0.3 is 14.3 Å². The van der Waals surface area contributed by atoms with Gasteiger partial charge in [-0.15, -0.1) is 11.3 Å². The first kappa shape index (κ1) is 28.1. The fourth-order valence-corrected chi connectivity index (χ4v) is 10.9. The molecule has 5 heterocycles. The van der Waals surface area contributed by atoms with Gasteiger partial charge in [-0.05, 0) is 94.8 Å². The Morgan fingerprint density at radius 3 is 1.72 bits per heavy atom. The molecule has 0 atom stereocenters. The summed E-state index contributed by atoms with van der Waals surface area (Å²) < 4.78 is 5.09. The molecule has 5 heteroatoms. The van der Waals surface area contributed by atoms with Gasteiger partial charge in [-0.25, -0.2) is 0 Å². The third kappa shape index (κ3) is 3.55. The highest BCUT2D eigenvalue weighted by Crippen LogP contribution is 2.52. The molecule has 0 N–H and O–H groups in total. The molecule has 3 nitrogen and oxygen atoms in total. The highest BCUT2D eigenvalue weighted by Gasteiger charge is 2.48. The SMILES string of the molecule is c1ccc2c(c1)-c1cccc3c1B1c4c(cccc4N3c3ccc4sc5ccccc5c4c3)-c3cc(-n4c5ccccc5c5ccccc54)ccc3N12. The van der Waals surface area contributed by atoms with Gasteiger partial charge in [-0.1, -0.05) is 97.1 Å². The van der Waals surface area contributed by atoms with E-state index in [2.05, 4.69) is 184 Å². The first-order valence-corrected chi connectivity index (χ1v) is 19.1. The van der Waals surface area contributed by atoms with Crippen molar-refractivity contribution in [3.05, 3.63) is 170 Å². The predicted octanol–water partition coefficient (Wildman–Crippen LogP) is 11.8. The number of nitrogens with zero attached hydrogens (tertiary/aromatic N) is 3. The van der Waals surface area contributed by atoms with E-state index in [0.717, 1.165) is 0 Å². The maximum absolute atomic E-state index is 2.63. The molecule has 8 aromatic carbocycles. The van der Waals surface area contributed by atoms with Crippen LogP contribution in [0.3, 0.4) is 0 Å². The predicted molar refractivity (Wildman–Crippen MR) is 226 cm³/mol. The van der Waals surface area contributed by atoms with Gasteiger partial charge in [0.15, 0.2) is 0 Å². The van der Waals surface area contributed by atoms with Crippen LogP contribution in [0.25, 0.3) is 69.9 Å². The molecule has 0 aliphatic carbocycles. The molecule has 0 saturated heterocycles. The van der Waals surface area contributed by atoms with Crippen LogP contribution in [-0.2, 0) is 0 Å². The molecule has 3 aliphatic rings. The van der Waals surface area contributed by atoms with Crippen LogP contribution in [-0.4, -0.2) is 11.4 Å². The fraction of sp³-hybridized carbons (Fsp3) is 0. The number of benzene rings is 8. The Kier molecular flexibility index (Phi) is 5.33. The van der Waals surface area contributed by atoms with Crippen LogP contribution in [0.1, 0.15) is 0 Å². The topological polar surface area (TPSA) is 11.4 Å². The molecule has 2 aromatic heterocycles. The van der Waals surface area contributed by atoms with Gasteiger partial charge in [0.25, 0.3) is 0 Å². The average Bonchev–Trinajstić information content (AvgIpc) is 3.76. The molecule has 244 valence electrons. The minimum atomic E-state index is 0.0517. The van der Waals surface area contributed by atoms with Gasteiger partial charge in [-0.2, -0.15) is 0 Å². The lowest BCUT2D eigenvalue weighted by atomic mass is 9.41. The summed E-state index contributed by atoms with van der Waals surface area (Å²) in [6.07, 6.45) is 0. The highest BCUT2D eigenvalue weighted by atomic mass is 32.1. The first-order chi connectivity index (χ1) is 26.3. The van der Waals surface area contributed by atoms with Crippen LogP contribution >= 0.6 is 11.3 Å². The lowest BCUT2D eigenvalue weighted by molar-refractivity contribution is 1.18. The average molecular weight is 690 g/mol. The van der Waals surface area contributed by atoms with Crippen molar-refractivity contribution >= 4 is 99.5 Å². The number of rotatable bonds is 2. The number of aromatic nitrogens is 1. The smallest absolute Gasteiger partial charge is 0.333 e. The van der Waals surface area contributed by atoms with E-state index in [0.29, 0.717) is 0 Å². The van der Waals surface area contributed by atoms with Crippen molar-refractivity contribution in [2.75, 3.05) is 9.71 Å². The van der Waals surface area contributed by atoms with Gasteiger partial charge in [0.05, 0.1) is 11.0 Å². The fourth-order valence-electron chi connectivity index (χ4n) is 9.81. The molecule has 0 radical (unpaired) electrons. The van der Waals surface area contributed by atoms with Crippen molar-refractivity contribution < 1.29 is 0 Å². The third-order valence-corrected chi connectivity index (χ3v) is 13.0. The molecule has 0 amide bonds. The summed E-state index contributed by atoms with van der Waals surface area (Å²) >= 11 is 1.87. The highest BCUT2D eigenvalue weighted by molar-refractivity contribution is 7.25. The molecule has 0 saturated carbocycles. The van der Waals surface area contributed by atoms with E-state index in [1.807, 2.05) is 11.3 Å². The second kappa shape index (κ2) is 10.1. The zero-order valence-corrected chi connectivity index (χ0v) is 29.3. The molecule has 0 spiro atoms. The van der Waals surface area contributed by atoms with Gasteiger partial charge in [-0.3, -0.25) is 0 Å². The van der Waals surface area contributed by atoms with Crippen LogP contribution in [0.4, 0.5) is 28.4 Å². The summed E-state index contributed by atoms with van der Waals surface area (Å²) in [5, 5.41) is 5.19. The Hall–Kier alpha value is -6.56. The van der Waals surface area contributed by atoms with Crippen LogP contribution in [0.15, 0.2) is 170 Å². The number of hydrogen-bond donors (Lipinski definition) is 0. The number of hydrogen-bond acceptors (Lipinski definition) is 3. The second-order valence-corrected chi connectivity index (χ2v) is 15.5. The monoisotopic (exact) mass is 689 g/mol. The minimum Gasteiger partial charge on any atom is -0.376 e. The Balaban J connectivity index is 1.12. The summed E-state index contributed by atoms with van der Waals surface area (Å²) in [5.41, 5.74) is 17.7. The number of fused-ring (bicyclic) bond motifs is 12. The summed E-state index contributed by atoms with van der Waals surface area (Å²) in [4.78, 5) is 5.17. The van der Waals surface area contributed by atoms with E-state index in [1.165, 1.54) is 109 Å². The van der Waals surface area contributed by atoms with Crippen LogP contribution in [0.5, 0.6) is 0 Å². The zero-order valence-electron chi connectivity index (χ0n) is 28.5. The van der Waals surface area contributed by atoms with Crippen molar-refractivity contribution in [3.8, 4) is 27.9 Å².